The van der Waals surface area contributed by atoms with E-state index in [0.29, 0.717) is 41.9 Å². The molecule has 1 fully saturated rings. The Bertz CT molecular complexity index is 1240. The fourth-order valence-corrected chi connectivity index (χ4v) is 7.06. The molecule has 1 aromatic heterocycles. The van der Waals surface area contributed by atoms with Gasteiger partial charge in [0.1, 0.15) is 17.6 Å². The van der Waals surface area contributed by atoms with Gasteiger partial charge in [0, 0.05) is 37.2 Å². The average molecular weight is 559 g/mol. The second kappa shape index (κ2) is 13.5. The van der Waals surface area contributed by atoms with Gasteiger partial charge in [-0.05, 0) is 43.2 Å². The first-order chi connectivity index (χ1) is 18.4. The standard InChI is InChI=1S/C28H38N4O4S2/c1-3-4-5-6-7-11-20-38(34,35)31-18-19-32(22(2)21-31)28-29-27(30-37-28)26(33)23-14-16-25(17-15-23)36-24-12-9-8-10-13-24/h8-10,12-17,22,26,33H,3-7,11,18-21H2,1-2H3. The SMILES string of the molecule is CCCCCCCCS(=O)(=O)N1CCN(c2nc(C(O)c3ccc(Oc4ccccc4)cc3)ns2)C(C)C1. The van der Waals surface area contributed by atoms with Crippen molar-refractivity contribution in [1.82, 2.24) is 13.7 Å². The van der Waals surface area contributed by atoms with Gasteiger partial charge in [-0.2, -0.15) is 8.68 Å². The second-order valence-corrected chi connectivity index (χ2v) is 12.6. The molecule has 1 N–H and O–H groups in total. The molecule has 4 rings (SSSR count). The molecule has 2 unspecified atom stereocenters. The number of aliphatic hydroxyl groups is 1. The Kier molecular flexibility index (Phi) is 10.1. The molecule has 206 valence electrons. The zero-order valence-electron chi connectivity index (χ0n) is 22.2. The number of para-hydroxylation sites is 1. The third-order valence-electron chi connectivity index (χ3n) is 6.84. The topological polar surface area (TPSA) is 95.9 Å². The van der Waals surface area contributed by atoms with Crippen LogP contribution in [0.5, 0.6) is 11.5 Å². The monoisotopic (exact) mass is 558 g/mol. The van der Waals surface area contributed by atoms with Crippen molar-refractivity contribution in [3.8, 4) is 11.5 Å². The molecule has 8 nitrogen and oxygen atoms in total. The normalized spacial score (nSPS) is 17.4. The first-order valence-electron chi connectivity index (χ1n) is 13.5. The van der Waals surface area contributed by atoms with Crippen LogP contribution in [0, 0.1) is 0 Å². The molecule has 2 aromatic carbocycles. The Morgan fingerprint density at radius 2 is 1.68 bits per heavy atom. The fraction of sp³-hybridized carbons (Fsp3) is 0.500. The third-order valence-corrected chi connectivity index (χ3v) is 9.53. The molecule has 0 bridgehead atoms. The van der Waals surface area contributed by atoms with Crippen LogP contribution >= 0.6 is 11.5 Å². The van der Waals surface area contributed by atoms with Crippen molar-refractivity contribution in [2.24, 2.45) is 0 Å². The highest BCUT2D eigenvalue weighted by Gasteiger charge is 2.32. The van der Waals surface area contributed by atoms with Gasteiger partial charge in [-0.15, -0.1) is 0 Å². The quantitative estimate of drug-likeness (QED) is 0.272. The summed E-state index contributed by atoms with van der Waals surface area (Å²) in [5, 5.41) is 11.6. The zero-order valence-corrected chi connectivity index (χ0v) is 23.8. The number of unbranched alkanes of at least 4 members (excludes halogenated alkanes) is 5. The number of aliphatic hydroxyl groups excluding tert-OH is 1. The number of benzene rings is 2. The van der Waals surface area contributed by atoms with E-state index in [1.165, 1.54) is 30.8 Å². The maximum Gasteiger partial charge on any atom is 0.214 e. The molecule has 0 amide bonds. The minimum absolute atomic E-state index is 0.0320. The lowest BCUT2D eigenvalue weighted by molar-refractivity contribution is 0.211. The van der Waals surface area contributed by atoms with Crippen LogP contribution in [-0.2, 0) is 10.0 Å². The van der Waals surface area contributed by atoms with Crippen LogP contribution in [0.2, 0.25) is 0 Å². The highest BCUT2D eigenvalue weighted by molar-refractivity contribution is 7.89. The van der Waals surface area contributed by atoms with E-state index in [1.807, 2.05) is 49.4 Å². The van der Waals surface area contributed by atoms with E-state index >= 15 is 0 Å². The summed E-state index contributed by atoms with van der Waals surface area (Å²) in [4.78, 5) is 6.69. The van der Waals surface area contributed by atoms with Crippen LogP contribution < -0.4 is 9.64 Å². The number of hydrogen-bond donors (Lipinski definition) is 1. The van der Waals surface area contributed by atoms with Crippen molar-refractivity contribution in [3.05, 3.63) is 66.0 Å². The molecule has 1 aliphatic rings. The molecular formula is C28H38N4O4S2. The zero-order chi connectivity index (χ0) is 27.0. The van der Waals surface area contributed by atoms with Crippen molar-refractivity contribution in [2.45, 2.75) is 64.5 Å². The van der Waals surface area contributed by atoms with E-state index in [9.17, 15) is 13.5 Å². The lowest BCUT2D eigenvalue weighted by atomic mass is 10.1. The number of rotatable bonds is 13. The summed E-state index contributed by atoms with van der Waals surface area (Å²) < 4.78 is 37.6. The van der Waals surface area contributed by atoms with Crippen molar-refractivity contribution < 1.29 is 18.3 Å². The van der Waals surface area contributed by atoms with Gasteiger partial charge in [0.15, 0.2) is 5.82 Å². The van der Waals surface area contributed by atoms with Crippen LogP contribution in [0.25, 0.3) is 0 Å². The summed E-state index contributed by atoms with van der Waals surface area (Å²) in [6, 6.07) is 16.7. The van der Waals surface area contributed by atoms with E-state index in [0.717, 1.165) is 25.0 Å². The number of nitrogens with zero attached hydrogens (tertiary/aromatic N) is 4. The number of sulfonamides is 1. The highest BCUT2D eigenvalue weighted by atomic mass is 32.2. The van der Waals surface area contributed by atoms with Gasteiger partial charge in [0.2, 0.25) is 15.2 Å². The lowest BCUT2D eigenvalue weighted by Gasteiger charge is -2.38. The molecule has 1 aliphatic heterocycles. The summed E-state index contributed by atoms with van der Waals surface area (Å²) in [6.45, 7) is 5.60. The van der Waals surface area contributed by atoms with Crippen molar-refractivity contribution in [3.63, 3.8) is 0 Å². The molecular weight excluding hydrogens is 520 g/mol. The predicted octanol–water partition coefficient (Wildman–Crippen LogP) is 5.61. The number of piperazine rings is 1. The van der Waals surface area contributed by atoms with Crippen molar-refractivity contribution >= 4 is 26.7 Å². The van der Waals surface area contributed by atoms with Crippen molar-refractivity contribution in [1.29, 1.82) is 0 Å². The smallest absolute Gasteiger partial charge is 0.214 e. The molecule has 0 spiro atoms. The lowest BCUT2D eigenvalue weighted by Crippen LogP contribution is -2.54. The number of ether oxygens (including phenoxy) is 1. The molecule has 0 radical (unpaired) electrons. The fourth-order valence-electron chi connectivity index (χ4n) is 4.60. The molecule has 0 aliphatic carbocycles. The van der Waals surface area contributed by atoms with Crippen LogP contribution in [0.4, 0.5) is 5.13 Å². The summed E-state index contributed by atoms with van der Waals surface area (Å²) in [6.07, 6.45) is 5.41. The summed E-state index contributed by atoms with van der Waals surface area (Å²) >= 11 is 1.23. The molecule has 2 atom stereocenters. The largest absolute Gasteiger partial charge is 0.457 e. The Balaban J connectivity index is 1.30. The third kappa shape index (κ3) is 7.53. The second-order valence-electron chi connectivity index (χ2n) is 9.81. The minimum Gasteiger partial charge on any atom is -0.457 e. The van der Waals surface area contributed by atoms with E-state index in [-0.39, 0.29) is 11.8 Å². The Labute approximate surface area is 230 Å². The molecule has 2 heterocycles. The number of hydrogen-bond acceptors (Lipinski definition) is 8. The Morgan fingerprint density at radius 1 is 1.00 bits per heavy atom. The highest BCUT2D eigenvalue weighted by Crippen LogP contribution is 2.29. The number of anilines is 1. The summed E-state index contributed by atoms with van der Waals surface area (Å²) in [5.74, 6) is 1.98. The molecule has 38 heavy (non-hydrogen) atoms. The summed E-state index contributed by atoms with van der Waals surface area (Å²) in [5.41, 5.74) is 0.674. The Morgan fingerprint density at radius 3 is 2.39 bits per heavy atom. The maximum atomic E-state index is 12.9. The van der Waals surface area contributed by atoms with Crippen LogP contribution in [0.1, 0.15) is 69.9 Å². The molecule has 1 saturated heterocycles. The molecule has 10 heteroatoms. The maximum absolute atomic E-state index is 12.9. The number of aromatic nitrogens is 2. The van der Waals surface area contributed by atoms with E-state index in [1.54, 1.807) is 16.4 Å². The van der Waals surface area contributed by atoms with Gasteiger partial charge in [-0.25, -0.2) is 13.4 Å². The van der Waals surface area contributed by atoms with Gasteiger partial charge >= 0.3 is 0 Å². The Hall–Kier alpha value is -2.53. The molecule has 3 aromatic rings. The van der Waals surface area contributed by atoms with Crippen LogP contribution in [0.15, 0.2) is 54.6 Å². The minimum atomic E-state index is -3.26. The molecule has 0 saturated carbocycles. The summed E-state index contributed by atoms with van der Waals surface area (Å²) in [7, 11) is -3.26. The van der Waals surface area contributed by atoms with Crippen LogP contribution in [0.3, 0.4) is 0 Å². The van der Waals surface area contributed by atoms with Gasteiger partial charge in [-0.3, -0.25) is 0 Å². The van der Waals surface area contributed by atoms with Gasteiger partial charge in [0.05, 0.1) is 5.75 Å². The van der Waals surface area contributed by atoms with Crippen LogP contribution in [-0.4, -0.2) is 58.6 Å². The predicted molar refractivity (Wildman–Crippen MR) is 152 cm³/mol. The van der Waals surface area contributed by atoms with E-state index < -0.39 is 16.1 Å². The first-order valence-corrected chi connectivity index (χ1v) is 15.8. The van der Waals surface area contributed by atoms with Gasteiger partial charge < -0.3 is 14.7 Å². The average Bonchev–Trinajstić information content (AvgIpc) is 3.41. The van der Waals surface area contributed by atoms with E-state index in [4.69, 9.17) is 4.74 Å². The van der Waals surface area contributed by atoms with Crippen molar-refractivity contribution in [2.75, 3.05) is 30.3 Å². The first kappa shape index (κ1) is 28.5. The van der Waals surface area contributed by atoms with E-state index in [2.05, 4.69) is 21.2 Å². The van der Waals surface area contributed by atoms with Gasteiger partial charge in [0.25, 0.3) is 0 Å². The van der Waals surface area contributed by atoms with Gasteiger partial charge in [-0.1, -0.05) is 69.4 Å².